The highest BCUT2D eigenvalue weighted by molar-refractivity contribution is 9.10. The Morgan fingerprint density at radius 3 is 2.67 bits per heavy atom. The Morgan fingerprint density at radius 2 is 2.04 bits per heavy atom. The number of thioether (sulfide) groups is 1. The minimum atomic E-state index is -4.55. The summed E-state index contributed by atoms with van der Waals surface area (Å²) in [6, 6.07) is 6.23. The van der Waals surface area contributed by atoms with Gasteiger partial charge in [-0.25, -0.2) is 9.97 Å². The van der Waals surface area contributed by atoms with Crippen molar-refractivity contribution in [3.05, 3.63) is 46.2 Å². The Morgan fingerprint density at radius 1 is 1.33 bits per heavy atom. The van der Waals surface area contributed by atoms with Crippen molar-refractivity contribution in [1.29, 1.82) is 0 Å². The number of aryl methyl sites for hydroxylation is 1. The van der Waals surface area contributed by atoms with Crippen LogP contribution in [0.2, 0.25) is 0 Å². The van der Waals surface area contributed by atoms with E-state index in [1.165, 1.54) is 0 Å². The summed E-state index contributed by atoms with van der Waals surface area (Å²) in [7, 11) is 0. The number of nitrogens with zero attached hydrogens (tertiary/aromatic N) is 2. The summed E-state index contributed by atoms with van der Waals surface area (Å²) in [5, 5.41) is 1.95. The van der Waals surface area contributed by atoms with Crippen LogP contribution in [0.25, 0.3) is 0 Å². The number of anilines is 1. The topological polar surface area (TPSA) is 54.9 Å². The Bertz CT molecular complexity index is 755. The standard InChI is InChI=1S/C15H13BrF3N3OS/c1-8-3-4-11(10(16)7-8)21-13(23)9(2)24-14-20-6-5-12(22-14)15(17,18)19/h3-7,9H,1-2H3,(H,21,23)/t9-/m1/s1. The van der Waals surface area contributed by atoms with E-state index in [1.54, 1.807) is 13.0 Å². The van der Waals surface area contributed by atoms with E-state index in [-0.39, 0.29) is 11.1 Å². The fourth-order valence-corrected chi connectivity index (χ4v) is 3.07. The molecule has 0 saturated heterocycles. The average Bonchev–Trinajstić information content (AvgIpc) is 2.49. The Balaban J connectivity index is 2.06. The summed E-state index contributed by atoms with van der Waals surface area (Å²) in [6.07, 6.45) is -3.52. The van der Waals surface area contributed by atoms with Crippen LogP contribution in [0.5, 0.6) is 0 Å². The number of nitrogens with one attached hydrogen (secondary N) is 1. The lowest BCUT2D eigenvalue weighted by atomic mass is 10.2. The number of hydrogen-bond donors (Lipinski definition) is 1. The zero-order chi connectivity index (χ0) is 17.9. The number of amides is 1. The molecule has 1 aromatic heterocycles. The molecule has 2 aromatic rings. The molecule has 0 spiro atoms. The summed E-state index contributed by atoms with van der Waals surface area (Å²) in [4.78, 5) is 19.4. The molecule has 1 aromatic carbocycles. The fourth-order valence-electron chi connectivity index (χ4n) is 1.72. The highest BCUT2D eigenvalue weighted by Gasteiger charge is 2.33. The van der Waals surface area contributed by atoms with Gasteiger partial charge in [-0.1, -0.05) is 17.8 Å². The Kier molecular flexibility index (Phi) is 5.87. The molecule has 0 radical (unpaired) electrons. The van der Waals surface area contributed by atoms with Crippen molar-refractivity contribution in [2.24, 2.45) is 0 Å². The SMILES string of the molecule is Cc1ccc(NC(=O)[C@@H](C)Sc2nccc(C(F)(F)F)n2)c(Br)c1. The van der Waals surface area contributed by atoms with Crippen molar-refractivity contribution >= 4 is 39.3 Å². The lowest BCUT2D eigenvalue weighted by molar-refractivity contribution is -0.141. The van der Waals surface area contributed by atoms with E-state index in [2.05, 4.69) is 31.2 Å². The molecule has 0 fully saturated rings. The minimum absolute atomic E-state index is 0.101. The third kappa shape index (κ3) is 4.94. The summed E-state index contributed by atoms with van der Waals surface area (Å²) in [5.41, 5.74) is 0.580. The van der Waals surface area contributed by atoms with Gasteiger partial charge in [0, 0.05) is 10.7 Å². The lowest BCUT2D eigenvalue weighted by Crippen LogP contribution is -2.23. The van der Waals surface area contributed by atoms with Crippen LogP contribution >= 0.6 is 27.7 Å². The maximum absolute atomic E-state index is 12.6. The van der Waals surface area contributed by atoms with E-state index in [0.29, 0.717) is 5.69 Å². The first-order valence-corrected chi connectivity index (χ1v) is 8.48. The molecule has 0 saturated carbocycles. The molecule has 0 aliphatic heterocycles. The van der Waals surface area contributed by atoms with Crippen molar-refractivity contribution < 1.29 is 18.0 Å². The number of rotatable bonds is 4. The molecule has 24 heavy (non-hydrogen) atoms. The van der Waals surface area contributed by atoms with Crippen LogP contribution in [0.4, 0.5) is 18.9 Å². The van der Waals surface area contributed by atoms with Crippen LogP contribution in [-0.2, 0) is 11.0 Å². The molecule has 1 atom stereocenters. The second-order valence-corrected chi connectivity index (χ2v) is 7.12. The molecule has 0 aliphatic rings. The number of alkyl halides is 3. The van der Waals surface area contributed by atoms with E-state index < -0.39 is 17.1 Å². The molecule has 1 N–H and O–H groups in total. The molecule has 4 nitrogen and oxygen atoms in total. The first-order chi connectivity index (χ1) is 11.2. The highest BCUT2D eigenvalue weighted by atomic mass is 79.9. The number of benzene rings is 1. The number of carbonyl (C=O) groups is 1. The first kappa shape index (κ1) is 18.7. The maximum Gasteiger partial charge on any atom is 0.433 e. The van der Waals surface area contributed by atoms with Crippen LogP contribution in [0.1, 0.15) is 18.2 Å². The number of aromatic nitrogens is 2. The molecule has 0 aliphatic carbocycles. The normalized spacial score (nSPS) is 12.8. The van der Waals surface area contributed by atoms with E-state index >= 15 is 0 Å². The molecule has 1 amide bonds. The van der Waals surface area contributed by atoms with Crippen LogP contribution in [0, 0.1) is 6.92 Å². The zero-order valence-electron chi connectivity index (χ0n) is 12.7. The van der Waals surface area contributed by atoms with Gasteiger partial charge in [0.05, 0.1) is 10.9 Å². The second-order valence-electron chi connectivity index (χ2n) is 4.95. The van der Waals surface area contributed by atoms with Gasteiger partial charge in [-0.2, -0.15) is 13.2 Å². The molecular formula is C15H13BrF3N3OS. The van der Waals surface area contributed by atoms with E-state index in [1.807, 2.05) is 19.1 Å². The fraction of sp³-hybridized carbons (Fsp3) is 0.267. The number of hydrogen-bond acceptors (Lipinski definition) is 4. The van der Waals surface area contributed by atoms with Crippen molar-refractivity contribution in [2.45, 2.75) is 30.4 Å². The maximum atomic E-state index is 12.6. The number of halogens is 4. The van der Waals surface area contributed by atoms with Crippen molar-refractivity contribution in [2.75, 3.05) is 5.32 Å². The van der Waals surface area contributed by atoms with Gasteiger partial charge in [-0.15, -0.1) is 0 Å². The van der Waals surface area contributed by atoms with Gasteiger partial charge in [0.15, 0.2) is 5.16 Å². The largest absolute Gasteiger partial charge is 0.433 e. The first-order valence-electron chi connectivity index (χ1n) is 6.80. The predicted octanol–water partition coefficient (Wildman–Crippen LogP) is 4.69. The van der Waals surface area contributed by atoms with E-state index in [9.17, 15) is 18.0 Å². The highest BCUT2D eigenvalue weighted by Crippen LogP contribution is 2.30. The molecule has 128 valence electrons. The molecule has 0 bridgehead atoms. The van der Waals surface area contributed by atoms with Gasteiger partial charge in [0.1, 0.15) is 5.69 Å². The quantitative estimate of drug-likeness (QED) is 0.576. The van der Waals surface area contributed by atoms with Crippen molar-refractivity contribution in [3.8, 4) is 0 Å². The van der Waals surface area contributed by atoms with E-state index in [0.717, 1.165) is 34.1 Å². The zero-order valence-corrected chi connectivity index (χ0v) is 15.1. The van der Waals surface area contributed by atoms with E-state index in [4.69, 9.17) is 0 Å². The summed E-state index contributed by atoms with van der Waals surface area (Å²) < 4.78 is 38.7. The monoisotopic (exact) mass is 419 g/mol. The minimum Gasteiger partial charge on any atom is -0.324 e. The van der Waals surface area contributed by atoms with Crippen LogP contribution in [-0.4, -0.2) is 21.1 Å². The second kappa shape index (κ2) is 7.52. The molecular weight excluding hydrogens is 407 g/mol. The summed E-state index contributed by atoms with van der Waals surface area (Å²) in [5.74, 6) is -0.356. The van der Waals surface area contributed by atoms with Crippen molar-refractivity contribution in [1.82, 2.24) is 9.97 Å². The van der Waals surface area contributed by atoms with Gasteiger partial charge in [-0.3, -0.25) is 4.79 Å². The summed E-state index contributed by atoms with van der Waals surface area (Å²) >= 11 is 4.21. The molecule has 9 heteroatoms. The van der Waals surface area contributed by atoms with Gasteiger partial charge >= 0.3 is 6.18 Å². The van der Waals surface area contributed by atoms with Crippen LogP contribution in [0.3, 0.4) is 0 Å². The van der Waals surface area contributed by atoms with Gasteiger partial charge in [0.25, 0.3) is 0 Å². The van der Waals surface area contributed by atoms with Gasteiger partial charge < -0.3 is 5.32 Å². The van der Waals surface area contributed by atoms with Gasteiger partial charge in [-0.05, 0) is 53.5 Å². The Hall–Kier alpha value is -1.61. The molecule has 2 rings (SSSR count). The molecule has 0 unspecified atom stereocenters. The third-order valence-corrected chi connectivity index (χ3v) is 4.59. The van der Waals surface area contributed by atoms with Gasteiger partial charge in [0.2, 0.25) is 5.91 Å². The average molecular weight is 420 g/mol. The molecule has 1 heterocycles. The van der Waals surface area contributed by atoms with Crippen LogP contribution in [0.15, 0.2) is 40.1 Å². The summed E-state index contributed by atoms with van der Waals surface area (Å²) in [6.45, 7) is 3.49. The third-order valence-electron chi connectivity index (χ3n) is 2.96. The smallest absolute Gasteiger partial charge is 0.324 e. The Labute approximate surface area is 149 Å². The lowest BCUT2D eigenvalue weighted by Gasteiger charge is -2.13. The van der Waals surface area contributed by atoms with Crippen LogP contribution < -0.4 is 5.32 Å². The predicted molar refractivity (Wildman–Crippen MR) is 89.9 cm³/mol. The van der Waals surface area contributed by atoms with Crippen molar-refractivity contribution in [3.63, 3.8) is 0 Å². The number of carbonyl (C=O) groups excluding carboxylic acids is 1.